The summed E-state index contributed by atoms with van der Waals surface area (Å²) in [6.07, 6.45) is 0.983. The van der Waals surface area contributed by atoms with Crippen molar-refractivity contribution in [1.29, 1.82) is 0 Å². The number of amides is 2. The predicted octanol–water partition coefficient (Wildman–Crippen LogP) is 7.44. The molecular formula is C36H54N2O4S2. The van der Waals surface area contributed by atoms with Crippen molar-refractivity contribution < 1.29 is 19.8 Å². The maximum Gasteiger partial charge on any atom is 0.234 e. The van der Waals surface area contributed by atoms with Gasteiger partial charge in [0.05, 0.1) is 22.3 Å². The zero-order chi connectivity index (χ0) is 33.4. The van der Waals surface area contributed by atoms with Crippen LogP contribution < -0.4 is 10.6 Å². The van der Waals surface area contributed by atoms with Crippen molar-refractivity contribution in [2.24, 2.45) is 0 Å². The first-order valence-corrected chi connectivity index (χ1v) is 17.6. The quantitative estimate of drug-likeness (QED) is 0.277. The molecule has 6 nitrogen and oxygen atoms in total. The molecule has 0 saturated carbocycles. The van der Waals surface area contributed by atoms with Gasteiger partial charge < -0.3 is 20.8 Å². The van der Waals surface area contributed by atoms with Crippen molar-refractivity contribution in [2.45, 2.75) is 128 Å². The van der Waals surface area contributed by atoms with E-state index in [1.54, 1.807) is 0 Å². The van der Waals surface area contributed by atoms with Crippen molar-refractivity contribution in [3.63, 3.8) is 0 Å². The van der Waals surface area contributed by atoms with E-state index < -0.39 is 10.5 Å². The first-order chi connectivity index (χ1) is 20.0. The van der Waals surface area contributed by atoms with E-state index in [0.29, 0.717) is 36.1 Å². The van der Waals surface area contributed by atoms with Crippen LogP contribution in [-0.2, 0) is 44.1 Å². The van der Waals surface area contributed by atoms with Crippen molar-refractivity contribution >= 4 is 35.3 Å². The fourth-order valence-corrected chi connectivity index (χ4v) is 7.39. The highest BCUT2D eigenvalue weighted by atomic mass is 32.2. The third kappa shape index (κ3) is 8.90. The normalized spacial score (nSPS) is 19.4. The maximum atomic E-state index is 13.4. The first kappa shape index (κ1) is 36.2. The van der Waals surface area contributed by atoms with Crippen LogP contribution in [0.5, 0.6) is 11.5 Å². The number of nitrogens with one attached hydrogen (secondary N) is 2. The first-order valence-electron chi connectivity index (χ1n) is 15.5. The van der Waals surface area contributed by atoms with Gasteiger partial charge in [0.25, 0.3) is 0 Å². The number of hydrogen-bond donors (Lipinski definition) is 4. The van der Waals surface area contributed by atoms with Gasteiger partial charge >= 0.3 is 0 Å². The van der Waals surface area contributed by atoms with E-state index in [4.69, 9.17) is 0 Å². The van der Waals surface area contributed by atoms with Crippen LogP contribution in [-0.4, -0.2) is 44.3 Å². The summed E-state index contributed by atoms with van der Waals surface area (Å²) in [5.41, 5.74) is 4.44. The fraction of sp³-hybridized carbons (Fsp3) is 0.611. The third-order valence-electron chi connectivity index (χ3n) is 8.06. The Balaban J connectivity index is 1.83. The van der Waals surface area contributed by atoms with Crippen molar-refractivity contribution in [3.05, 3.63) is 57.6 Å². The van der Waals surface area contributed by atoms with Crippen LogP contribution in [0, 0.1) is 0 Å². The third-order valence-corrected chi connectivity index (χ3v) is 10.2. The molecule has 1 aliphatic rings. The number of thioether (sulfide) groups is 2. The van der Waals surface area contributed by atoms with Crippen LogP contribution in [0.25, 0.3) is 0 Å². The number of benzene rings is 2. The zero-order valence-electron chi connectivity index (χ0n) is 28.8. The van der Waals surface area contributed by atoms with E-state index in [1.165, 1.54) is 23.5 Å². The van der Waals surface area contributed by atoms with Crippen molar-refractivity contribution in [3.8, 4) is 11.5 Å². The lowest BCUT2D eigenvalue weighted by Gasteiger charge is -2.29. The second kappa shape index (κ2) is 13.2. The molecule has 1 saturated heterocycles. The molecule has 2 atom stereocenters. The van der Waals surface area contributed by atoms with Crippen molar-refractivity contribution in [2.75, 3.05) is 11.8 Å². The Morgan fingerprint density at radius 1 is 0.568 bits per heavy atom. The molecule has 0 aliphatic carbocycles. The lowest BCUT2D eigenvalue weighted by molar-refractivity contribution is -0.121. The lowest BCUT2D eigenvalue weighted by atomic mass is 9.78. The van der Waals surface area contributed by atoms with Gasteiger partial charge in [0, 0.05) is 0 Å². The van der Waals surface area contributed by atoms with E-state index in [0.717, 1.165) is 33.4 Å². The van der Waals surface area contributed by atoms with E-state index in [-0.39, 0.29) is 33.5 Å². The topological polar surface area (TPSA) is 98.7 Å². The Bertz CT molecular complexity index is 1200. The smallest absolute Gasteiger partial charge is 0.234 e. The molecule has 0 bridgehead atoms. The molecule has 1 fully saturated rings. The molecule has 2 unspecified atom stereocenters. The molecule has 1 heterocycles. The van der Waals surface area contributed by atoms with Gasteiger partial charge in [-0.15, -0.1) is 23.5 Å². The number of phenolic OH excluding ortho intramolecular Hbond substituents is 2. The number of hydrogen-bond acceptors (Lipinski definition) is 6. The average molecular weight is 643 g/mol. The number of aromatic hydroxyl groups is 2. The average Bonchev–Trinajstić information content (AvgIpc) is 2.85. The van der Waals surface area contributed by atoms with Gasteiger partial charge in [0.15, 0.2) is 0 Å². The molecule has 2 aromatic carbocycles. The highest BCUT2D eigenvalue weighted by Gasteiger charge is 2.31. The van der Waals surface area contributed by atoms with Crippen LogP contribution in [0.15, 0.2) is 24.3 Å². The van der Waals surface area contributed by atoms with Gasteiger partial charge in [0.2, 0.25) is 11.8 Å². The number of carbonyl (C=O) groups excluding carboxylic acids is 2. The summed E-state index contributed by atoms with van der Waals surface area (Å²) in [5, 5.41) is 27.6. The molecule has 244 valence electrons. The Morgan fingerprint density at radius 2 is 0.818 bits per heavy atom. The molecule has 0 aromatic heterocycles. The van der Waals surface area contributed by atoms with Gasteiger partial charge in [0.1, 0.15) is 11.5 Å². The van der Waals surface area contributed by atoms with E-state index in [2.05, 4.69) is 93.7 Å². The summed E-state index contributed by atoms with van der Waals surface area (Å²) in [7, 11) is 0. The largest absolute Gasteiger partial charge is 0.507 e. The van der Waals surface area contributed by atoms with Crippen LogP contribution in [0.3, 0.4) is 0 Å². The van der Waals surface area contributed by atoms with Gasteiger partial charge in [-0.2, -0.15) is 0 Å². The summed E-state index contributed by atoms with van der Waals surface area (Å²) in [5.74, 6) is 1.17. The van der Waals surface area contributed by atoms with Crippen LogP contribution in [0.4, 0.5) is 0 Å². The number of carbonyl (C=O) groups is 2. The summed E-state index contributed by atoms with van der Waals surface area (Å²) >= 11 is 2.86. The van der Waals surface area contributed by atoms with E-state index >= 15 is 0 Å². The molecule has 8 heteroatoms. The van der Waals surface area contributed by atoms with E-state index in [9.17, 15) is 19.8 Å². The van der Waals surface area contributed by atoms with Crippen LogP contribution in [0.2, 0.25) is 0 Å². The Hall–Kier alpha value is -2.32. The minimum atomic E-state index is -0.390. The lowest BCUT2D eigenvalue weighted by Crippen LogP contribution is -2.41. The predicted molar refractivity (Wildman–Crippen MR) is 187 cm³/mol. The molecule has 2 aromatic rings. The molecule has 2 amide bonds. The molecule has 3 rings (SSSR count). The highest BCUT2D eigenvalue weighted by molar-refractivity contribution is 8.01. The summed E-state index contributed by atoms with van der Waals surface area (Å²) in [6.45, 7) is 25.0. The Labute approximate surface area is 273 Å². The molecule has 1 aliphatic heterocycles. The van der Waals surface area contributed by atoms with Gasteiger partial charge in [-0.25, -0.2) is 0 Å². The highest BCUT2D eigenvalue weighted by Crippen LogP contribution is 2.42. The fourth-order valence-electron chi connectivity index (χ4n) is 5.45. The molecule has 0 spiro atoms. The zero-order valence-corrected chi connectivity index (χ0v) is 30.5. The van der Waals surface area contributed by atoms with Crippen LogP contribution in [0.1, 0.15) is 116 Å². The second-order valence-corrected chi connectivity index (χ2v) is 18.6. The minimum Gasteiger partial charge on any atom is -0.507 e. The van der Waals surface area contributed by atoms with Crippen LogP contribution >= 0.6 is 23.5 Å². The monoisotopic (exact) mass is 642 g/mol. The Morgan fingerprint density at radius 3 is 1.05 bits per heavy atom. The van der Waals surface area contributed by atoms with Gasteiger partial charge in [-0.3, -0.25) is 9.59 Å². The maximum absolute atomic E-state index is 13.4. The molecule has 4 N–H and O–H groups in total. The summed E-state index contributed by atoms with van der Waals surface area (Å²) in [6, 6.07) is 8.10. The number of rotatable bonds is 4. The molecule has 0 radical (unpaired) electrons. The standard InChI is InChI=1S/C36H54N2O4S2/c1-33(2,3)23-13-21(14-24(29(23)39)34(4,5)6)17-27-31(41)37-20-44-28(32(42)38-19-43-27)18-22-15-25(35(7,8)9)30(40)26(16-22)36(10,11)12/h13-16,27-28,39-40H,17-20H2,1-12H3,(H,37,41)(H,38,42). The molecule has 44 heavy (non-hydrogen) atoms. The SMILES string of the molecule is CC(C)(C)c1cc(CC2SCNC(=O)C(Cc3cc(C(C)(C)C)c(O)c(C(C)(C)C)c3)SCNC2=O)cc(C(C)(C)C)c1O. The summed E-state index contributed by atoms with van der Waals surface area (Å²) in [4.78, 5) is 26.9. The number of phenols is 2. The summed E-state index contributed by atoms with van der Waals surface area (Å²) < 4.78 is 0. The Kier molecular flexibility index (Phi) is 10.8. The van der Waals surface area contributed by atoms with Gasteiger partial charge in [-0.1, -0.05) is 107 Å². The minimum absolute atomic E-state index is 0.0604. The van der Waals surface area contributed by atoms with Gasteiger partial charge in [-0.05, 0) is 67.9 Å². The van der Waals surface area contributed by atoms with Crippen molar-refractivity contribution in [1.82, 2.24) is 10.6 Å². The van der Waals surface area contributed by atoms with E-state index in [1.807, 2.05) is 24.3 Å². The second-order valence-electron chi connectivity index (χ2n) is 16.2. The molecular weight excluding hydrogens is 589 g/mol.